The zero-order valence-electron chi connectivity index (χ0n) is 8.08. The minimum atomic E-state index is -0.411. The standard InChI is InChI=1S/C12H18O/c1-2-3-8-12(13)9-10-4-6-11(12)7-5-10/h2,4,6,10-11,13H,1,3,5,7-9H2/t10-,11+,12+/m0/s1. The Hall–Kier alpha value is -0.560. The number of fused-ring (bicyclic) bond motifs is 2. The zero-order chi connectivity index (χ0) is 9.31. The van der Waals surface area contributed by atoms with Crippen LogP contribution in [-0.2, 0) is 0 Å². The van der Waals surface area contributed by atoms with Gasteiger partial charge in [0, 0.05) is 5.92 Å². The van der Waals surface area contributed by atoms with Gasteiger partial charge in [-0.2, -0.15) is 0 Å². The molecule has 0 heterocycles. The van der Waals surface area contributed by atoms with Crippen molar-refractivity contribution in [1.29, 1.82) is 0 Å². The fourth-order valence-electron chi connectivity index (χ4n) is 2.74. The molecule has 0 aromatic heterocycles. The quantitative estimate of drug-likeness (QED) is 0.659. The van der Waals surface area contributed by atoms with Crippen molar-refractivity contribution in [2.24, 2.45) is 11.8 Å². The zero-order valence-corrected chi connectivity index (χ0v) is 8.08. The van der Waals surface area contributed by atoms with Gasteiger partial charge in [0.15, 0.2) is 0 Å². The average molecular weight is 178 g/mol. The Morgan fingerprint density at radius 3 is 2.77 bits per heavy atom. The highest BCUT2D eigenvalue weighted by Crippen LogP contribution is 2.45. The third-order valence-electron chi connectivity index (χ3n) is 3.55. The molecule has 0 aliphatic heterocycles. The number of aliphatic hydroxyl groups is 1. The Morgan fingerprint density at radius 1 is 1.46 bits per heavy atom. The van der Waals surface area contributed by atoms with Gasteiger partial charge >= 0.3 is 0 Å². The van der Waals surface area contributed by atoms with Gasteiger partial charge in [0.05, 0.1) is 5.60 Å². The second-order valence-electron chi connectivity index (χ2n) is 4.46. The molecule has 2 bridgehead atoms. The molecule has 0 aromatic carbocycles. The van der Waals surface area contributed by atoms with Crippen LogP contribution in [0.4, 0.5) is 0 Å². The largest absolute Gasteiger partial charge is 0.389 e. The lowest BCUT2D eigenvalue weighted by Gasteiger charge is -2.45. The highest BCUT2D eigenvalue weighted by Gasteiger charge is 2.42. The van der Waals surface area contributed by atoms with Crippen LogP contribution in [0.1, 0.15) is 32.1 Å². The molecule has 3 aliphatic rings. The second-order valence-corrected chi connectivity index (χ2v) is 4.46. The Morgan fingerprint density at radius 2 is 2.31 bits per heavy atom. The molecule has 1 saturated carbocycles. The Bertz CT molecular complexity index is 231. The predicted octanol–water partition coefficient (Wildman–Crippen LogP) is 2.67. The molecular weight excluding hydrogens is 160 g/mol. The topological polar surface area (TPSA) is 20.2 Å². The summed E-state index contributed by atoms with van der Waals surface area (Å²) in [5, 5.41) is 10.4. The van der Waals surface area contributed by atoms with Crippen LogP contribution < -0.4 is 0 Å². The maximum Gasteiger partial charge on any atom is 0.0718 e. The second kappa shape index (κ2) is 3.30. The van der Waals surface area contributed by atoms with E-state index in [2.05, 4.69) is 18.7 Å². The number of hydrogen-bond acceptors (Lipinski definition) is 1. The SMILES string of the molecule is C=CCC[C@@]1(O)C[C@H]2C=C[C@@H]1CC2. The van der Waals surface area contributed by atoms with Crippen molar-refractivity contribution in [3.63, 3.8) is 0 Å². The van der Waals surface area contributed by atoms with Crippen molar-refractivity contribution in [3.8, 4) is 0 Å². The highest BCUT2D eigenvalue weighted by atomic mass is 16.3. The van der Waals surface area contributed by atoms with Gasteiger partial charge in [-0.05, 0) is 38.0 Å². The normalized spacial score (nSPS) is 42.2. The van der Waals surface area contributed by atoms with Crippen molar-refractivity contribution in [2.45, 2.75) is 37.7 Å². The maximum absolute atomic E-state index is 10.4. The van der Waals surface area contributed by atoms with Crippen molar-refractivity contribution < 1.29 is 5.11 Å². The summed E-state index contributed by atoms with van der Waals surface area (Å²) in [5.41, 5.74) is -0.411. The Balaban J connectivity index is 2.07. The monoisotopic (exact) mass is 178 g/mol. The van der Waals surface area contributed by atoms with Crippen molar-refractivity contribution >= 4 is 0 Å². The third-order valence-corrected chi connectivity index (χ3v) is 3.55. The fraction of sp³-hybridized carbons (Fsp3) is 0.667. The van der Waals surface area contributed by atoms with Gasteiger partial charge in [-0.1, -0.05) is 18.2 Å². The lowest BCUT2D eigenvalue weighted by atomic mass is 9.64. The molecule has 0 saturated heterocycles. The summed E-state index contributed by atoms with van der Waals surface area (Å²) >= 11 is 0. The van der Waals surface area contributed by atoms with E-state index in [9.17, 15) is 5.11 Å². The van der Waals surface area contributed by atoms with Crippen LogP contribution in [0.3, 0.4) is 0 Å². The molecular formula is C12H18O. The predicted molar refractivity (Wildman–Crippen MR) is 54.4 cm³/mol. The van der Waals surface area contributed by atoms with Crippen LogP contribution in [-0.4, -0.2) is 10.7 Å². The van der Waals surface area contributed by atoms with Gasteiger partial charge in [-0.3, -0.25) is 0 Å². The van der Waals surface area contributed by atoms with Gasteiger partial charge < -0.3 is 5.11 Å². The van der Waals surface area contributed by atoms with Crippen LogP contribution in [0, 0.1) is 11.8 Å². The summed E-state index contributed by atoms with van der Waals surface area (Å²) < 4.78 is 0. The minimum absolute atomic E-state index is 0.411. The molecule has 0 spiro atoms. The van der Waals surface area contributed by atoms with Crippen LogP contribution in [0.25, 0.3) is 0 Å². The third kappa shape index (κ3) is 1.58. The molecule has 0 amide bonds. The molecule has 0 radical (unpaired) electrons. The van der Waals surface area contributed by atoms with E-state index < -0.39 is 5.60 Å². The van der Waals surface area contributed by atoms with E-state index in [0.29, 0.717) is 11.8 Å². The Kier molecular flexibility index (Phi) is 2.29. The molecule has 1 N–H and O–H groups in total. The molecule has 3 rings (SSSR count). The Labute approximate surface area is 80.2 Å². The molecule has 3 aliphatic carbocycles. The number of hydrogen-bond donors (Lipinski definition) is 1. The first-order chi connectivity index (χ1) is 6.24. The minimum Gasteiger partial charge on any atom is -0.389 e. The van der Waals surface area contributed by atoms with E-state index in [1.807, 2.05) is 6.08 Å². The van der Waals surface area contributed by atoms with E-state index in [-0.39, 0.29) is 0 Å². The summed E-state index contributed by atoms with van der Waals surface area (Å²) in [7, 11) is 0. The summed E-state index contributed by atoms with van der Waals surface area (Å²) in [6, 6.07) is 0. The van der Waals surface area contributed by atoms with Crippen molar-refractivity contribution in [2.75, 3.05) is 0 Å². The number of allylic oxidation sites excluding steroid dienone is 2. The first kappa shape index (κ1) is 9.01. The molecule has 1 heteroatoms. The smallest absolute Gasteiger partial charge is 0.0718 e. The van der Waals surface area contributed by atoms with E-state index >= 15 is 0 Å². The van der Waals surface area contributed by atoms with Crippen LogP contribution in [0.5, 0.6) is 0 Å². The van der Waals surface area contributed by atoms with Gasteiger partial charge in [0.2, 0.25) is 0 Å². The van der Waals surface area contributed by atoms with Crippen molar-refractivity contribution in [1.82, 2.24) is 0 Å². The summed E-state index contributed by atoms with van der Waals surface area (Å²) in [6.45, 7) is 3.71. The molecule has 72 valence electrons. The molecule has 0 unspecified atom stereocenters. The molecule has 1 fully saturated rings. The van der Waals surface area contributed by atoms with Crippen molar-refractivity contribution in [3.05, 3.63) is 24.8 Å². The van der Waals surface area contributed by atoms with Gasteiger partial charge in [-0.25, -0.2) is 0 Å². The van der Waals surface area contributed by atoms with E-state index in [1.54, 1.807) is 0 Å². The molecule has 0 aromatic rings. The maximum atomic E-state index is 10.4. The number of rotatable bonds is 3. The van der Waals surface area contributed by atoms with Crippen LogP contribution >= 0.6 is 0 Å². The summed E-state index contributed by atoms with van der Waals surface area (Å²) in [4.78, 5) is 0. The van der Waals surface area contributed by atoms with Crippen LogP contribution in [0.15, 0.2) is 24.8 Å². The lowest BCUT2D eigenvalue weighted by Crippen LogP contribution is -2.44. The first-order valence-electron chi connectivity index (χ1n) is 5.26. The fourth-order valence-corrected chi connectivity index (χ4v) is 2.74. The van der Waals surface area contributed by atoms with E-state index in [4.69, 9.17) is 0 Å². The molecule has 1 nitrogen and oxygen atoms in total. The summed E-state index contributed by atoms with van der Waals surface area (Å²) in [5.74, 6) is 1.05. The average Bonchev–Trinajstić information content (AvgIpc) is 2.16. The van der Waals surface area contributed by atoms with E-state index in [1.165, 1.54) is 12.8 Å². The summed E-state index contributed by atoms with van der Waals surface area (Å²) in [6.07, 6.45) is 11.7. The van der Waals surface area contributed by atoms with E-state index in [0.717, 1.165) is 19.3 Å². The van der Waals surface area contributed by atoms with Gasteiger partial charge in [-0.15, -0.1) is 6.58 Å². The highest BCUT2D eigenvalue weighted by molar-refractivity contribution is 5.12. The lowest BCUT2D eigenvalue weighted by molar-refractivity contribution is -0.0548. The van der Waals surface area contributed by atoms with Gasteiger partial charge in [0.1, 0.15) is 0 Å². The van der Waals surface area contributed by atoms with Gasteiger partial charge in [0.25, 0.3) is 0 Å². The molecule has 3 atom stereocenters. The van der Waals surface area contributed by atoms with Crippen LogP contribution in [0.2, 0.25) is 0 Å². The first-order valence-corrected chi connectivity index (χ1v) is 5.26. The molecule has 13 heavy (non-hydrogen) atoms.